The highest BCUT2D eigenvalue weighted by molar-refractivity contribution is 9.10. The first-order valence-electron chi connectivity index (χ1n) is 5.82. The van der Waals surface area contributed by atoms with Crippen molar-refractivity contribution in [2.45, 2.75) is 0 Å². The molecule has 0 fully saturated rings. The SMILES string of the molecule is COC(=O)c1cc(NC(=O)c2ccc(Br)cn2)ccc1F. The maximum Gasteiger partial charge on any atom is 0.340 e. The highest BCUT2D eigenvalue weighted by atomic mass is 79.9. The molecule has 1 N–H and O–H groups in total. The summed E-state index contributed by atoms with van der Waals surface area (Å²) in [6.45, 7) is 0. The van der Waals surface area contributed by atoms with Gasteiger partial charge in [0.05, 0.1) is 12.7 Å². The van der Waals surface area contributed by atoms with E-state index < -0.39 is 17.7 Å². The van der Waals surface area contributed by atoms with Crippen molar-refractivity contribution >= 4 is 33.5 Å². The lowest BCUT2D eigenvalue weighted by atomic mass is 10.2. The Morgan fingerprint density at radius 1 is 1.29 bits per heavy atom. The van der Waals surface area contributed by atoms with Crippen LogP contribution in [0.3, 0.4) is 0 Å². The van der Waals surface area contributed by atoms with E-state index in [1.807, 2.05) is 0 Å². The summed E-state index contributed by atoms with van der Waals surface area (Å²) in [6, 6.07) is 6.84. The van der Waals surface area contributed by atoms with E-state index in [-0.39, 0.29) is 16.9 Å². The number of benzene rings is 1. The summed E-state index contributed by atoms with van der Waals surface area (Å²) in [4.78, 5) is 27.3. The van der Waals surface area contributed by atoms with Gasteiger partial charge in [0.2, 0.25) is 0 Å². The summed E-state index contributed by atoms with van der Waals surface area (Å²) in [7, 11) is 1.15. The maximum absolute atomic E-state index is 13.5. The summed E-state index contributed by atoms with van der Waals surface area (Å²) in [6.07, 6.45) is 1.49. The molecule has 0 bridgehead atoms. The summed E-state index contributed by atoms with van der Waals surface area (Å²) >= 11 is 3.22. The first-order valence-corrected chi connectivity index (χ1v) is 6.61. The van der Waals surface area contributed by atoms with Crippen molar-refractivity contribution < 1.29 is 18.7 Å². The molecule has 5 nitrogen and oxygen atoms in total. The van der Waals surface area contributed by atoms with Crippen LogP contribution in [0.2, 0.25) is 0 Å². The molecule has 7 heteroatoms. The van der Waals surface area contributed by atoms with Crippen molar-refractivity contribution in [2.75, 3.05) is 12.4 Å². The van der Waals surface area contributed by atoms with Crippen LogP contribution in [-0.4, -0.2) is 24.0 Å². The fourth-order valence-electron chi connectivity index (χ4n) is 1.57. The average Bonchev–Trinajstić information content (AvgIpc) is 2.49. The number of carbonyl (C=O) groups excluding carboxylic acids is 2. The number of methoxy groups -OCH3 is 1. The van der Waals surface area contributed by atoms with E-state index in [4.69, 9.17) is 0 Å². The Bertz CT molecular complexity index is 689. The molecule has 21 heavy (non-hydrogen) atoms. The molecule has 0 aliphatic rings. The Labute approximate surface area is 128 Å². The van der Waals surface area contributed by atoms with Crippen LogP contribution in [0.4, 0.5) is 10.1 Å². The number of nitrogens with zero attached hydrogens (tertiary/aromatic N) is 1. The van der Waals surface area contributed by atoms with Gasteiger partial charge < -0.3 is 10.1 Å². The molecule has 0 saturated heterocycles. The molecule has 0 aliphatic heterocycles. The minimum Gasteiger partial charge on any atom is -0.465 e. The minimum atomic E-state index is -0.814. The van der Waals surface area contributed by atoms with Crippen LogP contribution in [0.15, 0.2) is 41.0 Å². The molecule has 1 heterocycles. The van der Waals surface area contributed by atoms with Gasteiger partial charge in [-0.3, -0.25) is 4.79 Å². The molecular weight excluding hydrogens is 343 g/mol. The standard InChI is InChI=1S/C14H10BrFN2O3/c1-21-14(20)10-6-9(3-4-11(10)16)18-13(19)12-5-2-8(15)7-17-12/h2-7H,1H3,(H,18,19). The van der Waals surface area contributed by atoms with Gasteiger partial charge in [-0.25, -0.2) is 14.2 Å². The molecule has 1 aromatic carbocycles. The van der Waals surface area contributed by atoms with Gasteiger partial charge in [0.1, 0.15) is 11.5 Å². The Kier molecular flexibility index (Phi) is 4.64. The molecule has 0 atom stereocenters. The number of pyridine rings is 1. The van der Waals surface area contributed by atoms with Crippen molar-refractivity contribution in [1.82, 2.24) is 4.98 Å². The highest BCUT2D eigenvalue weighted by Gasteiger charge is 2.14. The van der Waals surface area contributed by atoms with Gasteiger partial charge in [-0.2, -0.15) is 0 Å². The van der Waals surface area contributed by atoms with Gasteiger partial charge in [-0.1, -0.05) is 0 Å². The van der Waals surface area contributed by atoms with E-state index in [1.165, 1.54) is 24.4 Å². The van der Waals surface area contributed by atoms with Crippen LogP contribution in [0.25, 0.3) is 0 Å². The number of amides is 1. The monoisotopic (exact) mass is 352 g/mol. The average molecular weight is 353 g/mol. The fraction of sp³-hybridized carbons (Fsp3) is 0.0714. The second-order valence-electron chi connectivity index (χ2n) is 4.00. The zero-order valence-electron chi connectivity index (χ0n) is 10.9. The normalized spacial score (nSPS) is 10.0. The summed E-state index contributed by atoms with van der Waals surface area (Å²) in [5, 5.41) is 2.53. The number of anilines is 1. The number of carbonyl (C=O) groups is 2. The molecule has 2 aromatic rings. The lowest BCUT2D eigenvalue weighted by Gasteiger charge is -2.07. The third-order valence-electron chi connectivity index (χ3n) is 2.59. The largest absolute Gasteiger partial charge is 0.465 e. The van der Waals surface area contributed by atoms with Crippen LogP contribution >= 0.6 is 15.9 Å². The topological polar surface area (TPSA) is 68.3 Å². The van der Waals surface area contributed by atoms with Crippen molar-refractivity contribution in [2.24, 2.45) is 0 Å². The Balaban J connectivity index is 2.21. The minimum absolute atomic E-state index is 0.196. The molecule has 108 valence electrons. The van der Waals surface area contributed by atoms with Gasteiger partial charge in [-0.15, -0.1) is 0 Å². The van der Waals surface area contributed by atoms with Crippen molar-refractivity contribution in [3.05, 3.63) is 58.1 Å². The second-order valence-corrected chi connectivity index (χ2v) is 4.92. The first kappa shape index (κ1) is 15.1. The maximum atomic E-state index is 13.5. The predicted octanol–water partition coefficient (Wildman–Crippen LogP) is 3.02. The van der Waals surface area contributed by atoms with E-state index in [0.717, 1.165) is 17.6 Å². The van der Waals surface area contributed by atoms with Crippen LogP contribution in [0.5, 0.6) is 0 Å². The van der Waals surface area contributed by atoms with Gasteiger partial charge >= 0.3 is 5.97 Å². The highest BCUT2D eigenvalue weighted by Crippen LogP contribution is 2.17. The van der Waals surface area contributed by atoms with Crippen molar-refractivity contribution in [3.8, 4) is 0 Å². The van der Waals surface area contributed by atoms with Gasteiger partial charge in [-0.05, 0) is 46.3 Å². The first-order chi connectivity index (χ1) is 10.0. The van der Waals surface area contributed by atoms with Crippen molar-refractivity contribution in [3.63, 3.8) is 0 Å². The molecule has 0 saturated carbocycles. The van der Waals surface area contributed by atoms with E-state index >= 15 is 0 Å². The van der Waals surface area contributed by atoms with E-state index in [0.29, 0.717) is 0 Å². The molecule has 1 amide bonds. The molecular formula is C14H10BrFN2O3. The second kappa shape index (κ2) is 6.45. The zero-order chi connectivity index (χ0) is 15.4. The number of hydrogen-bond acceptors (Lipinski definition) is 4. The zero-order valence-corrected chi connectivity index (χ0v) is 12.5. The predicted molar refractivity (Wildman–Crippen MR) is 77.6 cm³/mol. The van der Waals surface area contributed by atoms with Crippen LogP contribution < -0.4 is 5.32 Å². The van der Waals surface area contributed by atoms with Gasteiger partial charge in [0.25, 0.3) is 5.91 Å². The molecule has 0 spiro atoms. The molecule has 2 rings (SSSR count). The lowest BCUT2D eigenvalue weighted by molar-refractivity contribution is 0.0595. The van der Waals surface area contributed by atoms with Gasteiger partial charge in [0, 0.05) is 16.4 Å². The van der Waals surface area contributed by atoms with Crippen LogP contribution in [0.1, 0.15) is 20.8 Å². The number of rotatable bonds is 3. The van der Waals surface area contributed by atoms with E-state index in [2.05, 4.69) is 31.0 Å². The number of aromatic nitrogens is 1. The number of hydrogen-bond donors (Lipinski definition) is 1. The lowest BCUT2D eigenvalue weighted by Crippen LogP contribution is -2.14. The Morgan fingerprint density at radius 3 is 2.67 bits per heavy atom. The van der Waals surface area contributed by atoms with Crippen molar-refractivity contribution in [1.29, 1.82) is 0 Å². The summed E-state index contributed by atoms with van der Waals surface area (Å²) in [5.41, 5.74) is 0.215. The fourth-order valence-corrected chi connectivity index (χ4v) is 1.81. The number of ether oxygens (including phenoxy) is 1. The third kappa shape index (κ3) is 3.63. The Morgan fingerprint density at radius 2 is 2.05 bits per heavy atom. The van der Waals surface area contributed by atoms with Gasteiger partial charge in [0.15, 0.2) is 0 Å². The van der Waals surface area contributed by atoms with Crippen LogP contribution in [-0.2, 0) is 4.74 Å². The van der Waals surface area contributed by atoms with Crippen LogP contribution in [0, 0.1) is 5.82 Å². The number of halogens is 2. The molecule has 0 aliphatic carbocycles. The molecule has 0 unspecified atom stereocenters. The molecule has 0 radical (unpaired) electrons. The quantitative estimate of drug-likeness (QED) is 0.862. The smallest absolute Gasteiger partial charge is 0.340 e. The van der Waals surface area contributed by atoms with E-state index in [9.17, 15) is 14.0 Å². The number of esters is 1. The number of nitrogens with one attached hydrogen (secondary N) is 1. The third-order valence-corrected chi connectivity index (χ3v) is 3.06. The summed E-state index contributed by atoms with van der Waals surface area (Å²) < 4.78 is 18.7. The Hall–Kier alpha value is -2.28. The van der Waals surface area contributed by atoms with E-state index in [1.54, 1.807) is 6.07 Å². The molecule has 1 aromatic heterocycles. The summed E-state index contributed by atoms with van der Waals surface area (Å²) in [5.74, 6) is -2.00.